The first-order chi connectivity index (χ1) is 10.4. The zero-order chi connectivity index (χ0) is 16.2. The molecule has 0 bridgehead atoms. The molecular formula is C16H23NO4S. The molecule has 1 unspecified atom stereocenters. The molecule has 1 aromatic heterocycles. The summed E-state index contributed by atoms with van der Waals surface area (Å²) in [5.41, 5.74) is -0.0519. The van der Waals surface area contributed by atoms with Gasteiger partial charge in [-0.1, -0.05) is 12.8 Å². The van der Waals surface area contributed by atoms with Crippen LogP contribution in [-0.2, 0) is 19.7 Å². The van der Waals surface area contributed by atoms with Gasteiger partial charge in [0.25, 0.3) is 5.91 Å². The Kier molecular flexibility index (Phi) is 5.58. The number of carbonyl (C=O) groups is 2. The van der Waals surface area contributed by atoms with Crippen LogP contribution in [0.15, 0.2) is 12.1 Å². The Bertz CT molecular complexity index is 532. The van der Waals surface area contributed by atoms with Crippen molar-refractivity contribution in [2.24, 2.45) is 0 Å². The van der Waals surface area contributed by atoms with Gasteiger partial charge in [0.05, 0.1) is 6.10 Å². The molecule has 1 saturated carbocycles. The number of esters is 1. The standard InChI is InChI=1S/C16H23NO4S/c1-11(18)13-5-6-14(22-13)16(7-3-4-8-16)10-17-15(20)9-21-12(2)19/h5-6,11,18H,3-4,7-10H2,1-2H3,(H,17,20). The van der Waals surface area contributed by atoms with Gasteiger partial charge in [-0.15, -0.1) is 11.3 Å². The van der Waals surface area contributed by atoms with Gasteiger partial charge in [-0.2, -0.15) is 0 Å². The van der Waals surface area contributed by atoms with Crippen LogP contribution in [0.5, 0.6) is 0 Å². The molecule has 1 aromatic rings. The van der Waals surface area contributed by atoms with Crippen LogP contribution in [0.4, 0.5) is 0 Å². The first-order valence-corrected chi connectivity index (χ1v) is 8.43. The highest BCUT2D eigenvalue weighted by molar-refractivity contribution is 7.12. The summed E-state index contributed by atoms with van der Waals surface area (Å²) in [4.78, 5) is 24.7. The number of nitrogens with one attached hydrogen (secondary N) is 1. The van der Waals surface area contributed by atoms with Crippen LogP contribution in [0.2, 0.25) is 0 Å². The van der Waals surface area contributed by atoms with Crippen molar-refractivity contribution in [2.75, 3.05) is 13.2 Å². The zero-order valence-corrected chi connectivity index (χ0v) is 13.9. The summed E-state index contributed by atoms with van der Waals surface area (Å²) in [6, 6.07) is 4.03. The zero-order valence-electron chi connectivity index (χ0n) is 13.1. The molecule has 1 heterocycles. The Morgan fingerprint density at radius 1 is 1.41 bits per heavy atom. The first kappa shape index (κ1) is 17.0. The van der Waals surface area contributed by atoms with Crippen molar-refractivity contribution >= 4 is 23.2 Å². The molecule has 0 radical (unpaired) electrons. The SMILES string of the molecule is CC(=O)OCC(=O)NCC1(c2ccc(C(C)O)s2)CCCC1. The highest BCUT2D eigenvalue weighted by atomic mass is 32.1. The van der Waals surface area contributed by atoms with E-state index in [-0.39, 0.29) is 17.9 Å². The Balaban J connectivity index is 2.02. The number of rotatable bonds is 6. The summed E-state index contributed by atoms with van der Waals surface area (Å²) in [7, 11) is 0. The second-order valence-electron chi connectivity index (χ2n) is 5.92. The van der Waals surface area contributed by atoms with Crippen LogP contribution in [-0.4, -0.2) is 30.1 Å². The molecule has 5 nitrogen and oxygen atoms in total. The van der Waals surface area contributed by atoms with Crippen LogP contribution in [0.3, 0.4) is 0 Å². The summed E-state index contributed by atoms with van der Waals surface area (Å²) in [5, 5.41) is 12.6. The normalized spacial score (nSPS) is 18.0. The smallest absolute Gasteiger partial charge is 0.303 e. The maximum atomic E-state index is 11.8. The van der Waals surface area contributed by atoms with E-state index < -0.39 is 12.1 Å². The minimum absolute atomic E-state index is 0.0519. The third-order valence-electron chi connectivity index (χ3n) is 4.15. The molecule has 122 valence electrons. The summed E-state index contributed by atoms with van der Waals surface area (Å²) >= 11 is 1.62. The molecule has 0 spiro atoms. The second-order valence-corrected chi connectivity index (χ2v) is 7.04. The Hall–Kier alpha value is -1.40. The molecule has 1 fully saturated rings. The minimum atomic E-state index is -0.462. The van der Waals surface area contributed by atoms with Gasteiger partial charge in [0.1, 0.15) is 0 Å². The highest BCUT2D eigenvalue weighted by Crippen LogP contribution is 2.44. The van der Waals surface area contributed by atoms with Crippen LogP contribution in [0, 0.1) is 0 Å². The van der Waals surface area contributed by atoms with E-state index in [4.69, 9.17) is 4.74 Å². The van der Waals surface area contributed by atoms with Gasteiger partial charge in [0.15, 0.2) is 6.61 Å². The van der Waals surface area contributed by atoms with Crippen molar-refractivity contribution in [1.29, 1.82) is 0 Å². The molecule has 2 rings (SSSR count). The molecule has 2 N–H and O–H groups in total. The lowest BCUT2D eigenvalue weighted by Gasteiger charge is -2.28. The van der Waals surface area contributed by atoms with E-state index in [9.17, 15) is 14.7 Å². The fraction of sp³-hybridized carbons (Fsp3) is 0.625. The van der Waals surface area contributed by atoms with E-state index in [0.717, 1.165) is 30.6 Å². The molecule has 1 amide bonds. The van der Waals surface area contributed by atoms with Gasteiger partial charge < -0.3 is 15.2 Å². The van der Waals surface area contributed by atoms with Crippen molar-refractivity contribution in [1.82, 2.24) is 5.32 Å². The number of hydrogen-bond acceptors (Lipinski definition) is 5. The van der Waals surface area contributed by atoms with E-state index in [1.165, 1.54) is 11.8 Å². The number of thiophene rings is 1. The number of amides is 1. The summed E-state index contributed by atoms with van der Waals surface area (Å²) in [6.07, 6.45) is 3.88. The maximum absolute atomic E-state index is 11.8. The van der Waals surface area contributed by atoms with E-state index in [0.29, 0.717) is 6.54 Å². The Morgan fingerprint density at radius 2 is 2.09 bits per heavy atom. The topological polar surface area (TPSA) is 75.6 Å². The van der Waals surface area contributed by atoms with Gasteiger partial charge in [0, 0.05) is 28.6 Å². The summed E-state index contributed by atoms with van der Waals surface area (Å²) in [5.74, 6) is -0.723. The van der Waals surface area contributed by atoms with E-state index >= 15 is 0 Å². The van der Waals surface area contributed by atoms with Gasteiger partial charge in [-0.25, -0.2) is 0 Å². The van der Waals surface area contributed by atoms with Crippen molar-refractivity contribution < 1.29 is 19.4 Å². The molecule has 0 aromatic carbocycles. The molecule has 22 heavy (non-hydrogen) atoms. The third-order valence-corrected chi connectivity index (χ3v) is 5.65. The van der Waals surface area contributed by atoms with Crippen LogP contribution < -0.4 is 5.32 Å². The first-order valence-electron chi connectivity index (χ1n) is 7.61. The lowest BCUT2D eigenvalue weighted by molar-refractivity contribution is -0.146. The quantitative estimate of drug-likeness (QED) is 0.787. The van der Waals surface area contributed by atoms with Crippen LogP contribution in [0.25, 0.3) is 0 Å². The van der Waals surface area contributed by atoms with Gasteiger partial charge in [-0.3, -0.25) is 9.59 Å². The Labute approximate surface area is 134 Å². The van der Waals surface area contributed by atoms with Crippen molar-refractivity contribution in [3.8, 4) is 0 Å². The molecule has 1 aliphatic carbocycles. The third kappa shape index (κ3) is 4.08. The number of hydrogen-bond donors (Lipinski definition) is 2. The van der Waals surface area contributed by atoms with Crippen molar-refractivity contribution in [3.63, 3.8) is 0 Å². The number of aliphatic hydroxyl groups excluding tert-OH is 1. The van der Waals surface area contributed by atoms with Crippen LogP contribution >= 0.6 is 11.3 Å². The largest absolute Gasteiger partial charge is 0.456 e. The van der Waals surface area contributed by atoms with Crippen LogP contribution in [0.1, 0.15) is 55.4 Å². The average Bonchev–Trinajstić information content (AvgIpc) is 3.12. The lowest BCUT2D eigenvalue weighted by atomic mass is 9.84. The lowest BCUT2D eigenvalue weighted by Crippen LogP contribution is -2.40. The molecule has 0 saturated heterocycles. The predicted octanol–water partition coefficient (Wildman–Crippen LogP) is 2.29. The molecule has 1 aliphatic rings. The molecule has 0 aliphatic heterocycles. The molecule has 6 heteroatoms. The Morgan fingerprint density at radius 3 is 2.64 bits per heavy atom. The van der Waals surface area contributed by atoms with Crippen molar-refractivity contribution in [3.05, 3.63) is 21.9 Å². The van der Waals surface area contributed by atoms with Gasteiger partial charge in [0.2, 0.25) is 0 Å². The van der Waals surface area contributed by atoms with Gasteiger partial charge >= 0.3 is 5.97 Å². The van der Waals surface area contributed by atoms with E-state index in [1.54, 1.807) is 18.3 Å². The monoisotopic (exact) mass is 325 g/mol. The highest BCUT2D eigenvalue weighted by Gasteiger charge is 2.37. The maximum Gasteiger partial charge on any atom is 0.303 e. The summed E-state index contributed by atoms with van der Waals surface area (Å²) in [6.45, 7) is 3.37. The van der Waals surface area contributed by atoms with E-state index in [2.05, 4.69) is 11.4 Å². The minimum Gasteiger partial charge on any atom is -0.456 e. The average molecular weight is 325 g/mol. The van der Waals surface area contributed by atoms with E-state index in [1.807, 2.05) is 6.07 Å². The summed E-state index contributed by atoms with van der Waals surface area (Å²) < 4.78 is 4.71. The van der Waals surface area contributed by atoms with Crippen molar-refractivity contribution in [2.45, 2.75) is 51.0 Å². The number of aliphatic hydroxyl groups is 1. The van der Waals surface area contributed by atoms with Gasteiger partial charge in [-0.05, 0) is 31.9 Å². The fourth-order valence-electron chi connectivity index (χ4n) is 2.91. The molecular weight excluding hydrogens is 302 g/mol. The number of ether oxygens (including phenoxy) is 1. The second kappa shape index (κ2) is 7.24. The fourth-order valence-corrected chi connectivity index (χ4v) is 4.10. The predicted molar refractivity (Wildman–Crippen MR) is 84.7 cm³/mol. The number of carbonyl (C=O) groups excluding carboxylic acids is 2. The molecule has 1 atom stereocenters.